The maximum atomic E-state index is 13.1. The fraction of sp³-hybridized carbons (Fsp3) is 0.773. The number of amides is 1. The zero-order chi connectivity index (χ0) is 20.3. The molecule has 1 aromatic heterocycles. The van der Waals surface area contributed by atoms with E-state index in [1.54, 1.807) is 12.4 Å². The molecule has 160 valence electrons. The van der Waals surface area contributed by atoms with Crippen LogP contribution in [0.15, 0.2) is 18.5 Å². The van der Waals surface area contributed by atoms with Gasteiger partial charge in [0.25, 0.3) is 0 Å². The summed E-state index contributed by atoms with van der Waals surface area (Å²) in [7, 11) is 0. The summed E-state index contributed by atoms with van der Waals surface area (Å²) in [6, 6.07) is 2.07. The summed E-state index contributed by atoms with van der Waals surface area (Å²) in [5.74, 6) is 0.964. The predicted octanol–water partition coefficient (Wildman–Crippen LogP) is 2.23. The van der Waals surface area contributed by atoms with E-state index in [1.165, 1.54) is 32.1 Å². The first kappa shape index (κ1) is 20.5. The number of carbonyl (C=O) groups is 1. The minimum atomic E-state index is -0.152. The van der Waals surface area contributed by atoms with Crippen LogP contribution in [0.5, 0.6) is 0 Å². The first-order valence-corrected chi connectivity index (χ1v) is 11.3. The van der Waals surface area contributed by atoms with Crippen molar-refractivity contribution in [2.45, 2.75) is 70.6 Å². The molecule has 0 bridgehead atoms. The van der Waals surface area contributed by atoms with Gasteiger partial charge in [0.05, 0.1) is 12.1 Å². The molecule has 0 unspecified atom stereocenters. The second-order valence-electron chi connectivity index (χ2n) is 8.78. The van der Waals surface area contributed by atoms with E-state index in [9.17, 15) is 4.79 Å². The minimum Gasteiger partial charge on any atom is -0.378 e. The van der Waals surface area contributed by atoms with E-state index < -0.39 is 0 Å². The Balaban J connectivity index is 1.31. The van der Waals surface area contributed by atoms with Gasteiger partial charge >= 0.3 is 0 Å². The highest BCUT2D eigenvalue weighted by molar-refractivity contribution is 5.81. The number of anilines is 1. The number of carbonyl (C=O) groups excluding carboxylic acids is 1. The first-order chi connectivity index (χ1) is 14.1. The van der Waals surface area contributed by atoms with Gasteiger partial charge in [0.15, 0.2) is 0 Å². The highest BCUT2D eigenvalue weighted by atomic mass is 16.5. The highest BCUT2D eigenvalue weighted by Gasteiger charge is 2.56. The van der Waals surface area contributed by atoms with Crippen LogP contribution in [0.25, 0.3) is 0 Å². The Morgan fingerprint density at radius 3 is 2.55 bits per heavy atom. The van der Waals surface area contributed by atoms with Crippen LogP contribution in [0, 0.1) is 5.41 Å². The molecule has 4 rings (SSSR count). The van der Waals surface area contributed by atoms with E-state index in [0.29, 0.717) is 12.1 Å². The Morgan fingerprint density at radius 1 is 1.21 bits per heavy atom. The summed E-state index contributed by atoms with van der Waals surface area (Å²) in [6.45, 7) is 7.90. The molecule has 2 heterocycles. The average Bonchev–Trinajstić information content (AvgIpc) is 2.79. The predicted molar refractivity (Wildman–Crippen MR) is 113 cm³/mol. The van der Waals surface area contributed by atoms with Gasteiger partial charge in [-0.25, -0.2) is 9.97 Å². The van der Waals surface area contributed by atoms with Gasteiger partial charge in [-0.2, -0.15) is 0 Å². The summed E-state index contributed by atoms with van der Waals surface area (Å²) in [6.07, 6.45) is 11.3. The van der Waals surface area contributed by atoms with Crippen molar-refractivity contribution in [2.75, 3.05) is 37.7 Å². The Labute approximate surface area is 174 Å². The van der Waals surface area contributed by atoms with Crippen LogP contribution in [0.2, 0.25) is 0 Å². The Bertz CT molecular complexity index is 671. The lowest BCUT2D eigenvalue weighted by Crippen LogP contribution is -2.67. The summed E-state index contributed by atoms with van der Waals surface area (Å²) in [4.78, 5) is 25.9. The largest absolute Gasteiger partial charge is 0.378 e. The molecule has 29 heavy (non-hydrogen) atoms. The zero-order valence-corrected chi connectivity index (χ0v) is 17.8. The maximum absolute atomic E-state index is 13.1. The van der Waals surface area contributed by atoms with Crippen LogP contribution in [0.4, 0.5) is 5.95 Å². The van der Waals surface area contributed by atoms with Gasteiger partial charge in [-0.3, -0.25) is 4.79 Å². The van der Waals surface area contributed by atoms with Crippen molar-refractivity contribution in [2.24, 2.45) is 5.41 Å². The molecule has 1 amide bonds. The molecule has 0 radical (unpaired) electrons. The molecule has 2 aliphatic carbocycles. The third-order valence-electron chi connectivity index (χ3n) is 7.19. The molecule has 1 aliphatic heterocycles. The highest BCUT2D eigenvalue weighted by Crippen LogP contribution is 2.53. The molecule has 7 heteroatoms. The van der Waals surface area contributed by atoms with Crippen molar-refractivity contribution < 1.29 is 9.53 Å². The number of nitrogens with one attached hydrogen (secondary N) is 1. The molecule has 3 aliphatic rings. The number of nitrogens with zero attached hydrogens (tertiary/aromatic N) is 4. The van der Waals surface area contributed by atoms with Gasteiger partial charge in [0.1, 0.15) is 0 Å². The van der Waals surface area contributed by atoms with E-state index in [2.05, 4.69) is 27.1 Å². The molecule has 1 aromatic rings. The molecule has 1 saturated heterocycles. The molecule has 7 nitrogen and oxygen atoms in total. The van der Waals surface area contributed by atoms with Gasteiger partial charge in [-0.1, -0.05) is 19.3 Å². The summed E-state index contributed by atoms with van der Waals surface area (Å²) < 4.78 is 6.06. The molecule has 1 N–H and O–H groups in total. The molecular weight excluding hydrogens is 366 g/mol. The van der Waals surface area contributed by atoms with E-state index >= 15 is 0 Å². The first-order valence-electron chi connectivity index (χ1n) is 11.3. The Hall–Kier alpha value is -1.73. The van der Waals surface area contributed by atoms with Gasteiger partial charge < -0.3 is 19.9 Å². The van der Waals surface area contributed by atoms with Crippen molar-refractivity contribution in [1.29, 1.82) is 0 Å². The molecule has 2 saturated carbocycles. The van der Waals surface area contributed by atoms with E-state index in [4.69, 9.17) is 4.74 Å². The summed E-state index contributed by atoms with van der Waals surface area (Å²) >= 11 is 0. The van der Waals surface area contributed by atoms with E-state index in [1.807, 2.05) is 17.9 Å². The lowest BCUT2D eigenvalue weighted by atomic mass is 9.55. The number of rotatable bonds is 6. The number of hydrogen-bond donors (Lipinski definition) is 1. The molecular formula is C22H35N5O2. The summed E-state index contributed by atoms with van der Waals surface area (Å²) in [5, 5.41) is 3.70. The Kier molecular flexibility index (Phi) is 6.35. The van der Waals surface area contributed by atoms with Crippen LogP contribution in [0.1, 0.15) is 52.4 Å². The quantitative estimate of drug-likeness (QED) is 0.788. The third kappa shape index (κ3) is 4.12. The molecule has 0 aromatic carbocycles. The second kappa shape index (κ2) is 8.96. The minimum absolute atomic E-state index is 0.152. The smallest absolute Gasteiger partial charge is 0.239 e. The fourth-order valence-electron chi connectivity index (χ4n) is 5.53. The SMILES string of the molecule is CCO[C@@H]1C[C@H](N[C@H](C)C(=O)N2CCN(c3ncccn3)CC2)C12CCCCC2. The number of hydrogen-bond acceptors (Lipinski definition) is 6. The second-order valence-corrected chi connectivity index (χ2v) is 8.78. The number of piperazine rings is 1. The van der Waals surface area contributed by atoms with Gasteiger partial charge in [0, 0.05) is 56.6 Å². The van der Waals surface area contributed by atoms with Crippen LogP contribution >= 0.6 is 0 Å². The molecule has 1 spiro atoms. The lowest BCUT2D eigenvalue weighted by Gasteiger charge is -2.58. The van der Waals surface area contributed by atoms with Gasteiger partial charge in [0.2, 0.25) is 11.9 Å². The van der Waals surface area contributed by atoms with Crippen molar-refractivity contribution in [1.82, 2.24) is 20.2 Å². The third-order valence-corrected chi connectivity index (χ3v) is 7.19. The monoisotopic (exact) mass is 401 g/mol. The molecule has 3 fully saturated rings. The van der Waals surface area contributed by atoms with Crippen molar-refractivity contribution >= 4 is 11.9 Å². The fourth-order valence-corrected chi connectivity index (χ4v) is 5.53. The average molecular weight is 402 g/mol. The zero-order valence-electron chi connectivity index (χ0n) is 17.8. The standard InChI is InChI=1S/C22H35N5O2/c1-3-29-19-16-18(22(19)8-5-4-6-9-22)25-17(2)20(28)26-12-14-27(15-13-26)21-23-10-7-11-24-21/h7,10-11,17-19,25H,3-6,8-9,12-16H2,1-2H3/t17-,18+,19-/m1/s1. The summed E-state index contributed by atoms with van der Waals surface area (Å²) in [5.41, 5.74) is 0.242. The van der Waals surface area contributed by atoms with Crippen LogP contribution in [0.3, 0.4) is 0 Å². The van der Waals surface area contributed by atoms with Crippen LogP contribution < -0.4 is 10.2 Å². The van der Waals surface area contributed by atoms with Gasteiger partial charge in [-0.05, 0) is 39.2 Å². The number of ether oxygens (including phenoxy) is 1. The van der Waals surface area contributed by atoms with E-state index in [0.717, 1.165) is 45.2 Å². The maximum Gasteiger partial charge on any atom is 0.239 e. The Morgan fingerprint density at radius 2 is 1.90 bits per heavy atom. The lowest BCUT2D eigenvalue weighted by molar-refractivity contribution is -0.156. The van der Waals surface area contributed by atoms with Crippen LogP contribution in [-0.4, -0.2) is 71.7 Å². The van der Waals surface area contributed by atoms with Gasteiger partial charge in [-0.15, -0.1) is 0 Å². The normalized spacial score (nSPS) is 27.5. The van der Waals surface area contributed by atoms with Crippen molar-refractivity contribution in [3.8, 4) is 0 Å². The van der Waals surface area contributed by atoms with Crippen molar-refractivity contribution in [3.63, 3.8) is 0 Å². The molecule has 3 atom stereocenters. The topological polar surface area (TPSA) is 70.6 Å². The van der Waals surface area contributed by atoms with Crippen molar-refractivity contribution in [3.05, 3.63) is 18.5 Å². The number of aromatic nitrogens is 2. The van der Waals surface area contributed by atoms with Crippen LogP contribution in [-0.2, 0) is 9.53 Å². The van der Waals surface area contributed by atoms with E-state index in [-0.39, 0.29) is 17.4 Å².